The summed E-state index contributed by atoms with van der Waals surface area (Å²) in [5, 5.41) is 4.61. The van der Waals surface area contributed by atoms with E-state index in [4.69, 9.17) is 41.2 Å². The van der Waals surface area contributed by atoms with Gasteiger partial charge < -0.3 is 23.7 Å². The number of hydrogen-bond acceptors (Lipinski definition) is 19. The van der Waals surface area contributed by atoms with Crippen LogP contribution in [-0.4, -0.2) is 50.5 Å². The topological polar surface area (TPSA) is 97.7 Å². The molecule has 0 aliphatic rings. The number of aryl methyl sites for hydroxylation is 2. The fourth-order valence-corrected chi connectivity index (χ4v) is 26.1. The number of aromatic nitrogens is 4. The summed E-state index contributed by atoms with van der Waals surface area (Å²) in [5.74, 6) is 6.84. The van der Waals surface area contributed by atoms with Crippen LogP contribution in [0.1, 0.15) is 245 Å². The fourth-order valence-electron chi connectivity index (χ4n) is 16.1. The molecule has 0 saturated carbocycles. The van der Waals surface area contributed by atoms with Gasteiger partial charge in [-0.25, -0.2) is 0 Å². The second-order valence-corrected chi connectivity index (χ2v) is 41.6. The van der Waals surface area contributed by atoms with Gasteiger partial charge in [-0.3, -0.25) is 0 Å². The van der Waals surface area contributed by atoms with Gasteiger partial charge in [-0.2, -0.15) is 17.5 Å². The molecule has 606 valence electrons. The lowest BCUT2D eigenvalue weighted by Crippen LogP contribution is -2.12. The van der Waals surface area contributed by atoms with E-state index in [2.05, 4.69) is 168 Å². The highest BCUT2D eigenvalue weighted by Crippen LogP contribution is 2.58. The normalized spacial score (nSPS) is 13.2. The molecule has 10 heterocycles. The minimum atomic E-state index is 0.445. The van der Waals surface area contributed by atoms with Gasteiger partial charge in [0.2, 0.25) is 0 Å². The maximum absolute atomic E-state index is 7.41. The number of fused-ring (bicyclic) bond motifs is 6. The van der Waals surface area contributed by atoms with Gasteiger partial charge in [0.15, 0.2) is 0 Å². The Morgan fingerprint density at radius 2 is 0.623 bits per heavy atom. The highest BCUT2D eigenvalue weighted by molar-refractivity contribution is 7.29. The van der Waals surface area contributed by atoms with E-state index in [1.54, 1.807) is 0 Å². The minimum Gasteiger partial charge on any atom is -0.493 e. The fraction of sp³-hybridized carbons (Fsp3) is 0.495. The van der Waals surface area contributed by atoms with E-state index in [0.717, 1.165) is 162 Å². The number of benzene rings is 4. The summed E-state index contributed by atoms with van der Waals surface area (Å²) >= 11 is 17.3. The molecule has 4 unspecified atom stereocenters. The molecule has 14 aromatic rings. The zero-order chi connectivity index (χ0) is 79.2. The van der Waals surface area contributed by atoms with Crippen LogP contribution in [0.5, 0.6) is 28.7 Å². The Balaban J connectivity index is 0.795. The summed E-state index contributed by atoms with van der Waals surface area (Å²) in [6.07, 6.45) is 31.4. The van der Waals surface area contributed by atoms with Crippen molar-refractivity contribution >= 4 is 177 Å². The lowest BCUT2D eigenvalue weighted by molar-refractivity contribution is 0.235. The van der Waals surface area contributed by atoms with Gasteiger partial charge in [-0.05, 0) is 149 Å². The first-order valence-corrected chi connectivity index (χ1v) is 51.0. The van der Waals surface area contributed by atoms with E-state index in [0.29, 0.717) is 43.5 Å². The zero-order valence-corrected chi connectivity index (χ0v) is 77.4. The Bertz CT molecular complexity index is 5300. The van der Waals surface area contributed by atoms with E-state index in [1.165, 1.54) is 219 Å². The van der Waals surface area contributed by atoms with Crippen LogP contribution < -0.4 is 23.7 Å². The van der Waals surface area contributed by atoms with E-state index in [9.17, 15) is 0 Å². The molecule has 0 aliphatic heterocycles. The molecule has 0 aliphatic carbocycles. The monoisotopic (exact) mass is 1710 g/mol. The molecule has 0 spiro atoms. The van der Waals surface area contributed by atoms with E-state index in [-0.39, 0.29) is 0 Å². The Morgan fingerprint density at radius 1 is 0.281 bits per heavy atom. The van der Waals surface area contributed by atoms with Crippen molar-refractivity contribution in [1.82, 2.24) is 17.5 Å². The molecule has 9 nitrogen and oxygen atoms in total. The van der Waals surface area contributed by atoms with Crippen LogP contribution in [0.2, 0.25) is 0 Å². The van der Waals surface area contributed by atoms with Crippen molar-refractivity contribution in [3.8, 4) is 99.8 Å². The molecule has 0 N–H and O–H groups in total. The highest BCUT2D eigenvalue weighted by atomic mass is 32.1. The molecule has 19 heteroatoms. The van der Waals surface area contributed by atoms with Crippen LogP contribution in [0.3, 0.4) is 0 Å². The Labute approximate surface area is 717 Å². The SMILES string of the molecule is CCCCCCCCCCCCOc1c(C)c(-c2ccc(-c3cc4c(OCC(CC)CCCC)c5sc(-c6ccc(-c7ccc(-c8ccc(-c9cc%10c(OCC(CC)CCCC)c%11sc(C)cc%11c(OCC(CC)CCCC)c%10s9)s8)c8nsnc78)s6)cc5c(OCC(CC)CCCC)c4s3)s2)c2nsnc2c1-c1ccc(C)s1. The number of rotatable bonds is 47. The molecule has 0 saturated heterocycles. The van der Waals surface area contributed by atoms with Gasteiger partial charge in [0, 0.05) is 102 Å². The van der Waals surface area contributed by atoms with Gasteiger partial charge in [0.1, 0.15) is 50.8 Å². The predicted molar refractivity (Wildman–Crippen MR) is 506 cm³/mol. The van der Waals surface area contributed by atoms with Gasteiger partial charge in [0.05, 0.1) is 80.9 Å². The average molecular weight is 1710 g/mol. The summed E-state index contributed by atoms with van der Waals surface area (Å²) in [5.41, 5.74) is 9.28. The summed E-state index contributed by atoms with van der Waals surface area (Å²) in [7, 11) is 0. The second kappa shape index (κ2) is 40.7. The van der Waals surface area contributed by atoms with Crippen LogP contribution in [0.15, 0.2) is 84.9 Å². The Kier molecular flexibility index (Phi) is 30.2. The first-order chi connectivity index (χ1) is 55.9. The molecule has 4 aromatic carbocycles. The largest absolute Gasteiger partial charge is 0.493 e. The number of unbranched alkanes of at least 4 members (excludes halogenated alkanes) is 13. The standard InChI is InChI=1S/C95H116N4O5S10/c1-13-22-27-28-29-30-31-32-33-34-49-100-87-60(12)81(85-86(99-114-98-85)82(87)77-42-39-58(10)105-77)76-48-47-75(109-76)80-53-70-91(104-57-64(21-9)38-26-17-5)94-69(90(95(70)112-80)103-56-63(20-8)37-25-16-4)52-79(111-94)74-46-44-72(108-74)66-41-40-65(83-84(66)97-113-96-83)71-43-45-73(107-71)78-51-68-89(102-55-62(19-7)36-24-15-3)92-67(50-59(11)106-92)88(93(68)110-78)101-54-61(18-6)35-23-14-2/h39-48,50-53,61-64H,13-38,49,54-57H2,1-12H3. The number of nitrogens with zero attached hydrogens (tertiary/aromatic N) is 4. The van der Waals surface area contributed by atoms with Crippen molar-refractivity contribution in [1.29, 1.82) is 0 Å². The zero-order valence-electron chi connectivity index (χ0n) is 69.2. The molecule has 0 amide bonds. The first kappa shape index (κ1) is 84.6. The average Bonchev–Trinajstić information content (AvgIpc) is 1.31. The smallest absolute Gasteiger partial charge is 0.146 e. The maximum atomic E-state index is 7.41. The molecule has 14 rings (SSSR count). The maximum Gasteiger partial charge on any atom is 0.146 e. The van der Waals surface area contributed by atoms with E-state index >= 15 is 0 Å². The predicted octanol–water partition coefficient (Wildman–Crippen LogP) is 34.1. The van der Waals surface area contributed by atoms with Crippen LogP contribution in [0.25, 0.3) is 133 Å². The van der Waals surface area contributed by atoms with Crippen LogP contribution in [-0.2, 0) is 0 Å². The number of thiophene rings is 8. The highest BCUT2D eigenvalue weighted by Gasteiger charge is 2.31. The second-order valence-electron chi connectivity index (χ2n) is 31.6. The molecular formula is C95H116N4O5S10. The third kappa shape index (κ3) is 19.1. The molecule has 0 fully saturated rings. The van der Waals surface area contributed by atoms with Crippen LogP contribution >= 0.6 is 114 Å². The lowest BCUT2D eigenvalue weighted by Gasteiger charge is -2.19. The van der Waals surface area contributed by atoms with Crippen molar-refractivity contribution in [2.24, 2.45) is 23.7 Å². The van der Waals surface area contributed by atoms with Gasteiger partial charge in [-0.15, -0.1) is 90.7 Å². The Hall–Kier alpha value is -5.84. The van der Waals surface area contributed by atoms with Crippen molar-refractivity contribution in [2.45, 2.75) is 250 Å². The van der Waals surface area contributed by atoms with Crippen molar-refractivity contribution in [3.05, 3.63) is 100 Å². The third-order valence-electron chi connectivity index (χ3n) is 23.3. The summed E-state index contributed by atoms with van der Waals surface area (Å²) < 4.78 is 61.1. The van der Waals surface area contributed by atoms with Gasteiger partial charge >= 0.3 is 0 Å². The summed E-state index contributed by atoms with van der Waals surface area (Å²) in [4.78, 5) is 14.5. The Morgan fingerprint density at radius 3 is 1.03 bits per heavy atom. The van der Waals surface area contributed by atoms with Crippen molar-refractivity contribution in [2.75, 3.05) is 33.0 Å². The molecule has 0 bridgehead atoms. The van der Waals surface area contributed by atoms with E-state index in [1.807, 2.05) is 90.7 Å². The van der Waals surface area contributed by atoms with Crippen molar-refractivity contribution < 1.29 is 23.7 Å². The first-order valence-electron chi connectivity index (χ1n) is 43.0. The molecule has 4 atom stereocenters. The van der Waals surface area contributed by atoms with Gasteiger partial charge in [-0.1, -0.05) is 209 Å². The molecule has 10 aromatic heterocycles. The van der Waals surface area contributed by atoms with Gasteiger partial charge in [0.25, 0.3) is 0 Å². The van der Waals surface area contributed by atoms with Crippen LogP contribution in [0.4, 0.5) is 0 Å². The summed E-state index contributed by atoms with van der Waals surface area (Å²) in [6.45, 7) is 30.8. The molecular weight excluding hydrogens is 1600 g/mol. The van der Waals surface area contributed by atoms with Crippen molar-refractivity contribution in [3.63, 3.8) is 0 Å². The summed E-state index contributed by atoms with van der Waals surface area (Å²) in [6, 6.07) is 32.4. The lowest BCUT2D eigenvalue weighted by atomic mass is 9.98. The van der Waals surface area contributed by atoms with Crippen LogP contribution in [0, 0.1) is 44.4 Å². The van der Waals surface area contributed by atoms with E-state index < -0.39 is 0 Å². The quantitative estimate of drug-likeness (QED) is 0.0345. The third-order valence-corrected chi connectivity index (χ3v) is 33.7. The minimum absolute atomic E-state index is 0.445. The molecule has 114 heavy (non-hydrogen) atoms. The number of ether oxygens (including phenoxy) is 5. The molecule has 0 radical (unpaired) electrons. The number of hydrogen-bond donors (Lipinski definition) is 0.